The summed E-state index contributed by atoms with van der Waals surface area (Å²) in [5.41, 5.74) is 7.41. The molecule has 4 nitrogen and oxygen atoms in total. The van der Waals surface area contributed by atoms with Gasteiger partial charge < -0.3 is 16.2 Å². The van der Waals surface area contributed by atoms with E-state index >= 15 is 0 Å². The third-order valence-corrected chi connectivity index (χ3v) is 3.68. The molecule has 0 bridgehead atoms. The third-order valence-electron chi connectivity index (χ3n) is 3.68. The van der Waals surface area contributed by atoms with Crippen molar-refractivity contribution in [1.82, 2.24) is 0 Å². The minimum atomic E-state index is -0.946. The average molecular weight is 248 g/mol. The average Bonchev–Trinajstić information content (AvgIpc) is 2.73. The van der Waals surface area contributed by atoms with E-state index in [2.05, 4.69) is 12.2 Å². The Bertz CT molecular complexity index is 445. The number of carboxylic acids is 1. The SMILES string of the molecule is CC1CCC(CNc2ccc(C(=O)O)cc2N)C1. The summed E-state index contributed by atoms with van der Waals surface area (Å²) >= 11 is 0. The van der Waals surface area contributed by atoms with Crippen molar-refractivity contribution < 1.29 is 9.90 Å². The fourth-order valence-corrected chi connectivity index (χ4v) is 2.62. The lowest BCUT2D eigenvalue weighted by molar-refractivity contribution is 0.0697. The van der Waals surface area contributed by atoms with Crippen LogP contribution in [0.3, 0.4) is 0 Å². The van der Waals surface area contributed by atoms with E-state index in [1.807, 2.05) is 0 Å². The van der Waals surface area contributed by atoms with Crippen LogP contribution >= 0.6 is 0 Å². The number of nitrogen functional groups attached to an aromatic ring is 1. The van der Waals surface area contributed by atoms with E-state index in [0.717, 1.165) is 18.2 Å². The maximum atomic E-state index is 10.8. The first-order chi connectivity index (χ1) is 8.56. The Kier molecular flexibility index (Phi) is 3.75. The summed E-state index contributed by atoms with van der Waals surface area (Å²) in [5.74, 6) is 0.583. The molecule has 0 saturated heterocycles. The fraction of sp³-hybridized carbons (Fsp3) is 0.500. The zero-order valence-electron chi connectivity index (χ0n) is 10.6. The molecule has 0 amide bonds. The van der Waals surface area contributed by atoms with E-state index in [0.29, 0.717) is 11.6 Å². The molecule has 0 spiro atoms. The quantitative estimate of drug-likeness (QED) is 0.716. The summed E-state index contributed by atoms with van der Waals surface area (Å²) in [7, 11) is 0. The van der Waals surface area contributed by atoms with Crippen molar-refractivity contribution in [2.45, 2.75) is 26.2 Å². The molecule has 1 aromatic carbocycles. The van der Waals surface area contributed by atoms with Crippen LogP contribution in [0.4, 0.5) is 11.4 Å². The summed E-state index contributed by atoms with van der Waals surface area (Å²) in [6, 6.07) is 4.83. The second kappa shape index (κ2) is 5.29. The van der Waals surface area contributed by atoms with E-state index in [1.54, 1.807) is 12.1 Å². The lowest BCUT2D eigenvalue weighted by Crippen LogP contribution is -2.13. The molecule has 0 radical (unpaired) electrons. The number of carboxylic acid groups (broad SMARTS) is 1. The van der Waals surface area contributed by atoms with E-state index < -0.39 is 5.97 Å². The normalized spacial score (nSPS) is 22.9. The Morgan fingerprint density at radius 1 is 1.50 bits per heavy atom. The maximum Gasteiger partial charge on any atom is 0.335 e. The molecule has 0 aromatic heterocycles. The molecule has 1 fully saturated rings. The summed E-state index contributed by atoms with van der Waals surface area (Å²) < 4.78 is 0. The number of carbonyl (C=O) groups is 1. The Morgan fingerprint density at radius 3 is 2.83 bits per heavy atom. The van der Waals surface area contributed by atoms with Crippen LogP contribution in [0.5, 0.6) is 0 Å². The van der Waals surface area contributed by atoms with Crippen molar-refractivity contribution in [2.24, 2.45) is 11.8 Å². The van der Waals surface area contributed by atoms with E-state index in [4.69, 9.17) is 10.8 Å². The van der Waals surface area contributed by atoms with Gasteiger partial charge in [0, 0.05) is 6.54 Å². The van der Waals surface area contributed by atoms with Crippen LogP contribution in [0.2, 0.25) is 0 Å². The van der Waals surface area contributed by atoms with Crippen LogP contribution in [-0.4, -0.2) is 17.6 Å². The lowest BCUT2D eigenvalue weighted by atomic mass is 10.1. The van der Waals surface area contributed by atoms with Gasteiger partial charge in [0.2, 0.25) is 0 Å². The standard InChI is InChI=1S/C14H20N2O2/c1-9-2-3-10(6-9)8-16-13-5-4-11(14(17)18)7-12(13)15/h4-5,7,9-10,16H,2-3,6,8,15H2,1H3,(H,17,18). The second-order valence-electron chi connectivity index (χ2n) is 5.27. The predicted molar refractivity (Wildman–Crippen MR) is 72.8 cm³/mol. The van der Waals surface area contributed by atoms with E-state index in [1.165, 1.54) is 25.3 Å². The van der Waals surface area contributed by atoms with Gasteiger partial charge in [-0.1, -0.05) is 13.3 Å². The molecule has 1 aliphatic rings. The molecule has 0 aliphatic heterocycles. The smallest absolute Gasteiger partial charge is 0.335 e. The first kappa shape index (κ1) is 12.7. The van der Waals surface area contributed by atoms with Gasteiger partial charge in [0.05, 0.1) is 16.9 Å². The topological polar surface area (TPSA) is 75.3 Å². The molecular weight excluding hydrogens is 228 g/mol. The van der Waals surface area contributed by atoms with Crippen molar-refractivity contribution >= 4 is 17.3 Å². The first-order valence-corrected chi connectivity index (χ1v) is 6.43. The lowest BCUT2D eigenvalue weighted by Gasteiger charge is -2.14. The summed E-state index contributed by atoms with van der Waals surface area (Å²) in [6.07, 6.45) is 3.83. The number of rotatable bonds is 4. The zero-order valence-corrected chi connectivity index (χ0v) is 10.6. The second-order valence-corrected chi connectivity index (χ2v) is 5.27. The number of benzene rings is 1. The van der Waals surface area contributed by atoms with Crippen LogP contribution in [0.1, 0.15) is 36.5 Å². The maximum absolute atomic E-state index is 10.8. The number of aromatic carboxylic acids is 1. The van der Waals surface area contributed by atoms with Gasteiger partial charge in [-0.15, -0.1) is 0 Å². The molecule has 1 aromatic rings. The van der Waals surface area contributed by atoms with Gasteiger partial charge >= 0.3 is 5.97 Å². The molecule has 0 heterocycles. The summed E-state index contributed by atoms with van der Waals surface area (Å²) in [5, 5.41) is 12.2. The minimum absolute atomic E-state index is 0.229. The Morgan fingerprint density at radius 2 is 2.28 bits per heavy atom. The Labute approximate surface area is 107 Å². The van der Waals surface area contributed by atoms with Crippen LogP contribution < -0.4 is 11.1 Å². The van der Waals surface area contributed by atoms with Crippen LogP contribution in [0, 0.1) is 11.8 Å². The molecule has 98 valence electrons. The highest BCUT2D eigenvalue weighted by atomic mass is 16.4. The van der Waals surface area contributed by atoms with Gasteiger partial charge in [0.25, 0.3) is 0 Å². The molecule has 4 N–H and O–H groups in total. The van der Waals surface area contributed by atoms with E-state index in [9.17, 15) is 4.79 Å². The third kappa shape index (κ3) is 2.94. The highest BCUT2D eigenvalue weighted by Gasteiger charge is 2.21. The molecular formula is C14H20N2O2. The van der Waals surface area contributed by atoms with Crippen molar-refractivity contribution in [2.75, 3.05) is 17.6 Å². The van der Waals surface area contributed by atoms with Gasteiger partial charge in [-0.3, -0.25) is 0 Å². The minimum Gasteiger partial charge on any atom is -0.478 e. The molecule has 1 saturated carbocycles. The van der Waals surface area contributed by atoms with Crippen LogP contribution in [0.15, 0.2) is 18.2 Å². The fourth-order valence-electron chi connectivity index (χ4n) is 2.62. The zero-order chi connectivity index (χ0) is 13.1. The number of nitrogens with two attached hydrogens (primary N) is 1. The highest BCUT2D eigenvalue weighted by Crippen LogP contribution is 2.31. The Balaban J connectivity index is 1.95. The highest BCUT2D eigenvalue weighted by molar-refractivity contribution is 5.90. The van der Waals surface area contributed by atoms with Crippen molar-refractivity contribution in [3.63, 3.8) is 0 Å². The monoisotopic (exact) mass is 248 g/mol. The van der Waals surface area contributed by atoms with Gasteiger partial charge in [0.1, 0.15) is 0 Å². The van der Waals surface area contributed by atoms with Gasteiger partial charge in [-0.25, -0.2) is 4.79 Å². The van der Waals surface area contributed by atoms with Crippen molar-refractivity contribution in [3.05, 3.63) is 23.8 Å². The predicted octanol–water partition coefficient (Wildman–Crippen LogP) is 2.82. The van der Waals surface area contributed by atoms with Crippen LogP contribution in [0.25, 0.3) is 0 Å². The van der Waals surface area contributed by atoms with Gasteiger partial charge in [-0.05, 0) is 42.9 Å². The molecule has 2 rings (SSSR count). The summed E-state index contributed by atoms with van der Waals surface area (Å²) in [4.78, 5) is 10.8. The number of hydrogen-bond donors (Lipinski definition) is 3. The molecule has 2 atom stereocenters. The first-order valence-electron chi connectivity index (χ1n) is 6.43. The summed E-state index contributed by atoms with van der Waals surface area (Å²) in [6.45, 7) is 3.21. The molecule has 4 heteroatoms. The Hall–Kier alpha value is -1.71. The van der Waals surface area contributed by atoms with Crippen molar-refractivity contribution in [3.8, 4) is 0 Å². The molecule has 2 unspecified atom stereocenters. The number of anilines is 2. The molecule has 18 heavy (non-hydrogen) atoms. The number of nitrogens with one attached hydrogen (secondary N) is 1. The van der Waals surface area contributed by atoms with Gasteiger partial charge in [0.15, 0.2) is 0 Å². The number of hydrogen-bond acceptors (Lipinski definition) is 3. The van der Waals surface area contributed by atoms with Gasteiger partial charge in [-0.2, -0.15) is 0 Å². The molecule has 1 aliphatic carbocycles. The van der Waals surface area contributed by atoms with Crippen LogP contribution in [-0.2, 0) is 0 Å². The van der Waals surface area contributed by atoms with Crippen molar-refractivity contribution in [1.29, 1.82) is 0 Å². The largest absolute Gasteiger partial charge is 0.478 e. The van der Waals surface area contributed by atoms with E-state index in [-0.39, 0.29) is 5.56 Å².